The summed E-state index contributed by atoms with van der Waals surface area (Å²) in [5, 5.41) is 12.5. The Morgan fingerprint density at radius 1 is 1.69 bits per heavy atom. The van der Waals surface area contributed by atoms with Crippen LogP contribution in [0.1, 0.15) is 18.4 Å². The Kier molecular flexibility index (Phi) is 2.07. The van der Waals surface area contributed by atoms with Crippen molar-refractivity contribution in [3.63, 3.8) is 0 Å². The smallest absolute Gasteiger partial charge is 0.278 e. The quantitative estimate of drug-likeness (QED) is 0.759. The molecule has 1 saturated carbocycles. The molecular weight excluding hydrogens is 186 g/mol. The highest BCUT2D eigenvalue weighted by Crippen LogP contribution is 2.29. The molecule has 0 amide bonds. The summed E-state index contributed by atoms with van der Waals surface area (Å²) in [5.74, 6) is 0.740. The van der Waals surface area contributed by atoms with E-state index in [1.54, 1.807) is 0 Å². The molecule has 0 aliphatic heterocycles. The highest BCUT2D eigenvalue weighted by Gasteiger charge is 2.21. The van der Waals surface area contributed by atoms with Crippen LogP contribution < -0.4 is 10.9 Å². The molecule has 0 atom stereocenters. The van der Waals surface area contributed by atoms with Gasteiger partial charge in [0.1, 0.15) is 11.1 Å². The highest BCUT2D eigenvalue weighted by atomic mass is 32.1. The molecule has 1 fully saturated rings. The first-order chi connectivity index (χ1) is 6.31. The van der Waals surface area contributed by atoms with Gasteiger partial charge >= 0.3 is 0 Å². The summed E-state index contributed by atoms with van der Waals surface area (Å²) in [4.78, 5) is 11.0. The van der Waals surface area contributed by atoms with Crippen LogP contribution in [0.25, 0.3) is 0 Å². The number of aromatic nitrogens is 1. The Bertz CT molecular complexity index is 396. The van der Waals surface area contributed by atoms with Crippen LogP contribution in [0.5, 0.6) is 0 Å². The number of H-pyrrole nitrogens is 1. The number of nitrogens with one attached hydrogen (secondary N) is 2. The van der Waals surface area contributed by atoms with Crippen LogP contribution in [0, 0.1) is 17.2 Å². The van der Waals surface area contributed by atoms with Gasteiger partial charge < -0.3 is 5.32 Å². The van der Waals surface area contributed by atoms with Crippen molar-refractivity contribution in [1.29, 1.82) is 5.26 Å². The van der Waals surface area contributed by atoms with Gasteiger partial charge in [0.2, 0.25) is 0 Å². The lowest BCUT2D eigenvalue weighted by Gasteiger charge is -1.99. The number of hydrogen-bond donors (Lipinski definition) is 2. The molecule has 68 valence electrons. The molecule has 13 heavy (non-hydrogen) atoms. The van der Waals surface area contributed by atoms with Gasteiger partial charge in [-0.05, 0) is 30.3 Å². The van der Waals surface area contributed by atoms with Crippen LogP contribution in [0.15, 0.2) is 4.79 Å². The molecule has 0 radical (unpaired) electrons. The maximum absolute atomic E-state index is 11.0. The SMILES string of the molecule is N#Cc1c(NCC2CC2)s[nH]c1=O. The molecule has 4 nitrogen and oxygen atoms in total. The molecule has 1 aromatic heterocycles. The zero-order valence-corrected chi connectivity index (χ0v) is 7.78. The maximum atomic E-state index is 11.0. The van der Waals surface area contributed by atoms with E-state index in [2.05, 4.69) is 9.69 Å². The van der Waals surface area contributed by atoms with E-state index in [1.807, 2.05) is 6.07 Å². The zero-order valence-electron chi connectivity index (χ0n) is 6.96. The third-order valence-electron chi connectivity index (χ3n) is 2.06. The molecule has 5 heteroatoms. The summed E-state index contributed by atoms with van der Waals surface area (Å²) in [6.45, 7) is 0.877. The van der Waals surface area contributed by atoms with E-state index in [1.165, 1.54) is 24.4 Å². The van der Waals surface area contributed by atoms with Gasteiger partial charge in [0, 0.05) is 6.54 Å². The van der Waals surface area contributed by atoms with E-state index in [4.69, 9.17) is 5.26 Å². The monoisotopic (exact) mass is 195 g/mol. The van der Waals surface area contributed by atoms with Crippen molar-refractivity contribution < 1.29 is 0 Å². The number of anilines is 1. The first-order valence-corrected chi connectivity index (χ1v) is 4.98. The molecule has 1 heterocycles. The minimum absolute atomic E-state index is 0.214. The molecule has 1 aliphatic carbocycles. The van der Waals surface area contributed by atoms with E-state index in [0.717, 1.165) is 12.5 Å². The van der Waals surface area contributed by atoms with Crippen molar-refractivity contribution in [3.05, 3.63) is 15.9 Å². The lowest BCUT2D eigenvalue weighted by Crippen LogP contribution is -2.06. The predicted octanol–water partition coefficient (Wildman–Crippen LogP) is 1.13. The van der Waals surface area contributed by atoms with Crippen LogP contribution in [0.2, 0.25) is 0 Å². The fourth-order valence-electron chi connectivity index (χ4n) is 1.09. The van der Waals surface area contributed by atoms with E-state index in [-0.39, 0.29) is 11.1 Å². The largest absolute Gasteiger partial charge is 0.374 e. The molecule has 2 N–H and O–H groups in total. The second-order valence-corrected chi connectivity index (χ2v) is 3.99. The van der Waals surface area contributed by atoms with Crippen molar-refractivity contribution >= 4 is 16.5 Å². The van der Waals surface area contributed by atoms with Gasteiger partial charge in [-0.3, -0.25) is 9.17 Å². The summed E-state index contributed by atoms with van der Waals surface area (Å²) in [6, 6.07) is 1.89. The average molecular weight is 195 g/mol. The summed E-state index contributed by atoms with van der Waals surface area (Å²) in [6.07, 6.45) is 2.52. The Labute approximate surface area is 79.4 Å². The Morgan fingerprint density at radius 2 is 2.46 bits per heavy atom. The van der Waals surface area contributed by atoms with E-state index >= 15 is 0 Å². The Morgan fingerprint density at radius 3 is 3.08 bits per heavy atom. The van der Waals surface area contributed by atoms with Gasteiger partial charge in [-0.25, -0.2) is 0 Å². The lowest BCUT2D eigenvalue weighted by molar-refractivity contribution is 0.891. The topological polar surface area (TPSA) is 68.7 Å². The van der Waals surface area contributed by atoms with Crippen LogP contribution in [-0.4, -0.2) is 10.9 Å². The van der Waals surface area contributed by atoms with Gasteiger partial charge in [-0.1, -0.05) is 0 Å². The van der Waals surface area contributed by atoms with Gasteiger partial charge in [-0.2, -0.15) is 5.26 Å². The molecule has 1 aromatic rings. The van der Waals surface area contributed by atoms with Crippen LogP contribution in [-0.2, 0) is 0 Å². The number of aromatic amines is 1. The normalized spacial score (nSPS) is 15.3. The summed E-state index contributed by atoms with van der Waals surface area (Å²) in [7, 11) is 0. The molecular formula is C8H9N3OS. The van der Waals surface area contributed by atoms with Crippen molar-refractivity contribution in [3.8, 4) is 6.07 Å². The van der Waals surface area contributed by atoms with E-state index < -0.39 is 0 Å². The summed E-state index contributed by atoms with van der Waals surface area (Å²) >= 11 is 1.20. The minimum atomic E-state index is -0.286. The molecule has 0 spiro atoms. The van der Waals surface area contributed by atoms with Crippen molar-refractivity contribution in [2.45, 2.75) is 12.8 Å². The van der Waals surface area contributed by atoms with Crippen LogP contribution in [0.3, 0.4) is 0 Å². The summed E-state index contributed by atoms with van der Waals surface area (Å²) < 4.78 is 2.53. The first kappa shape index (κ1) is 8.32. The zero-order chi connectivity index (χ0) is 9.26. The fraction of sp³-hybridized carbons (Fsp3) is 0.500. The van der Waals surface area contributed by atoms with Gasteiger partial charge in [0.15, 0.2) is 5.56 Å². The van der Waals surface area contributed by atoms with Gasteiger partial charge in [0.05, 0.1) is 0 Å². The number of rotatable bonds is 3. The third-order valence-corrected chi connectivity index (χ3v) is 2.90. The maximum Gasteiger partial charge on any atom is 0.278 e. The molecule has 1 aliphatic rings. The average Bonchev–Trinajstić information content (AvgIpc) is 2.88. The number of nitrogens with zero attached hydrogens (tertiary/aromatic N) is 1. The Balaban J connectivity index is 2.10. The van der Waals surface area contributed by atoms with Gasteiger partial charge in [0.25, 0.3) is 5.56 Å². The van der Waals surface area contributed by atoms with Crippen LogP contribution in [0.4, 0.5) is 5.00 Å². The molecule has 0 unspecified atom stereocenters. The first-order valence-electron chi connectivity index (χ1n) is 4.16. The molecule has 2 rings (SSSR count). The number of hydrogen-bond acceptors (Lipinski definition) is 4. The fourth-order valence-corrected chi connectivity index (χ4v) is 1.78. The van der Waals surface area contributed by atoms with E-state index in [0.29, 0.717) is 5.00 Å². The standard InChI is InChI=1S/C8H9N3OS/c9-3-6-7(12)11-13-8(6)10-4-5-1-2-5/h5,10H,1-2,4H2,(H,11,12). The highest BCUT2D eigenvalue weighted by molar-refractivity contribution is 7.10. The van der Waals surface area contributed by atoms with Crippen molar-refractivity contribution in [1.82, 2.24) is 4.37 Å². The molecule has 0 saturated heterocycles. The van der Waals surface area contributed by atoms with Crippen molar-refractivity contribution in [2.24, 2.45) is 5.92 Å². The summed E-state index contributed by atoms with van der Waals surface area (Å²) in [5.41, 5.74) is -0.0727. The minimum Gasteiger partial charge on any atom is -0.374 e. The van der Waals surface area contributed by atoms with Crippen LogP contribution >= 0.6 is 11.5 Å². The molecule has 0 aromatic carbocycles. The lowest BCUT2D eigenvalue weighted by atomic mass is 10.3. The van der Waals surface area contributed by atoms with Gasteiger partial charge in [-0.15, -0.1) is 0 Å². The predicted molar refractivity (Wildman–Crippen MR) is 50.9 cm³/mol. The molecule has 0 bridgehead atoms. The van der Waals surface area contributed by atoms with Crippen molar-refractivity contribution in [2.75, 3.05) is 11.9 Å². The second-order valence-electron chi connectivity index (χ2n) is 3.17. The second kappa shape index (κ2) is 3.23. The third kappa shape index (κ3) is 1.73. The van der Waals surface area contributed by atoms with E-state index in [9.17, 15) is 4.79 Å². The number of nitriles is 1. The Hall–Kier alpha value is -1.28.